The number of rotatable bonds is 4. The maximum atomic E-state index is 10.1. The number of aromatic nitrogens is 3. The first-order chi connectivity index (χ1) is 38.2. The lowest BCUT2D eigenvalue weighted by atomic mass is 10.0. The van der Waals surface area contributed by atoms with Crippen molar-refractivity contribution in [1.82, 2.24) is 13.7 Å². The molecule has 3 nitrogen and oxygen atoms in total. The average molecular weight is 681 g/mol. The van der Waals surface area contributed by atoms with Crippen molar-refractivity contribution in [2.75, 3.05) is 0 Å². The predicted octanol–water partition coefficient (Wildman–Crippen LogP) is 12.6. The molecule has 0 N–H and O–H groups in total. The molecule has 0 saturated heterocycles. The van der Waals surface area contributed by atoms with Crippen LogP contribution in [0.15, 0.2) is 187 Å². The van der Waals surface area contributed by atoms with Crippen molar-refractivity contribution in [3.8, 4) is 28.2 Å². The zero-order valence-electron chi connectivity index (χ0n) is 56.3. The van der Waals surface area contributed by atoms with Gasteiger partial charge >= 0.3 is 0 Å². The molecule has 8 aromatic carbocycles. The van der Waals surface area contributed by atoms with Gasteiger partial charge in [-0.05, 0) is 66.0 Å². The maximum Gasteiger partial charge on any atom is 0.0667 e. The molecule has 0 aliphatic rings. The van der Waals surface area contributed by atoms with Crippen molar-refractivity contribution >= 4 is 65.4 Å². The van der Waals surface area contributed by atoms with Gasteiger partial charge in [0, 0.05) is 49.3 Å². The quantitative estimate of drug-likeness (QED) is 0.176. The Morgan fingerprint density at radius 3 is 1.25 bits per heavy atom. The Morgan fingerprint density at radius 2 is 0.706 bits per heavy atom. The van der Waals surface area contributed by atoms with Crippen LogP contribution in [-0.4, -0.2) is 13.7 Å². The van der Waals surface area contributed by atoms with Crippen molar-refractivity contribution < 1.29 is 42.5 Å². The summed E-state index contributed by atoms with van der Waals surface area (Å²) >= 11 is 0. The molecule has 0 radical (unpaired) electrons. The molecule has 51 heavy (non-hydrogen) atoms. The summed E-state index contributed by atoms with van der Waals surface area (Å²) in [5.74, 6) is 0. The van der Waals surface area contributed by atoms with Gasteiger partial charge in [0.2, 0.25) is 0 Å². The summed E-state index contributed by atoms with van der Waals surface area (Å²) in [4.78, 5) is 0. The van der Waals surface area contributed by atoms with Gasteiger partial charge in [0.15, 0.2) is 0 Å². The van der Waals surface area contributed by atoms with Gasteiger partial charge in [-0.1, -0.05) is 127 Å². The van der Waals surface area contributed by atoms with Crippen LogP contribution in [0.25, 0.3) is 93.6 Å². The van der Waals surface area contributed by atoms with Crippen molar-refractivity contribution in [1.29, 1.82) is 0 Å². The van der Waals surface area contributed by atoms with Crippen LogP contribution in [0.4, 0.5) is 0 Å². The molecule has 0 amide bonds. The predicted molar refractivity (Wildman–Crippen MR) is 215 cm³/mol. The van der Waals surface area contributed by atoms with Gasteiger partial charge in [-0.15, -0.1) is 0 Å². The third-order valence-corrected chi connectivity index (χ3v) is 8.41. The van der Waals surface area contributed by atoms with Gasteiger partial charge in [0.25, 0.3) is 0 Å². The molecule has 0 saturated carbocycles. The molecule has 11 rings (SSSR count). The van der Waals surface area contributed by atoms with Gasteiger partial charge in [-0.2, -0.15) is 0 Å². The molecule has 0 bridgehead atoms. The van der Waals surface area contributed by atoms with E-state index in [0.717, 1.165) is 4.57 Å². The van der Waals surface area contributed by atoms with E-state index in [1.807, 2.05) is 0 Å². The second-order valence-electron chi connectivity index (χ2n) is 11.0. The van der Waals surface area contributed by atoms with Crippen LogP contribution in [0.5, 0.6) is 0 Å². The SMILES string of the molecule is [2H]c1c([2H])c([2H])c(-n2c3c([2H])c([2H])c([2H])c([2H])c3c3c([2H])c([2H])c([2H])c([2H])c32)c(-c2c([2H])c([2H])c([2H])c(-n3c4c([2H])c([2H])c([2H])c([2H])c4c4c([2H])c([2H])c(-n5c6c([2H])c([2H])c([2H])c([2H])c6c6c([2H])c([2H])c([2H])c([2H])c65)c([2H])c43)c2[2H])c1[2H]. The Bertz CT molecular complexity index is 4780. The first-order valence-corrected chi connectivity index (χ1v) is 15.0. The van der Waals surface area contributed by atoms with Crippen LogP contribution >= 0.6 is 0 Å². The molecule has 0 atom stereocenters. The molecule has 11 aromatic rings. The second kappa shape index (κ2) is 10.8. The van der Waals surface area contributed by atoms with Crippen LogP contribution in [0, 0.1) is 0 Å². The van der Waals surface area contributed by atoms with E-state index in [1.165, 1.54) is 0 Å². The summed E-state index contributed by atoms with van der Waals surface area (Å²) < 4.78 is 284. The molecule has 0 spiro atoms. The number of hydrogen-bond acceptors (Lipinski definition) is 0. The van der Waals surface area contributed by atoms with Crippen LogP contribution in [0.3, 0.4) is 0 Å². The summed E-state index contributed by atoms with van der Waals surface area (Å²) in [5, 5.41) is -3.48. The van der Waals surface area contributed by atoms with E-state index in [9.17, 15) is 15.1 Å². The van der Waals surface area contributed by atoms with E-state index in [2.05, 4.69) is 0 Å². The fourth-order valence-electron chi connectivity index (χ4n) is 6.35. The lowest BCUT2D eigenvalue weighted by Crippen LogP contribution is -1.99. The molecule has 0 fully saturated rings. The molecular formula is C48H31N3. The molecule has 3 heteroatoms. The zero-order valence-corrected chi connectivity index (χ0v) is 25.3. The lowest BCUT2D eigenvalue weighted by Gasteiger charge is -2.16. The Hall–Kier alpha value is -6.84. The molecule has 3 aromatic heterocycles. The Kier molecular flexibility index (Phi) is 2.41. The lowest BCUT2D eigenvalue weighted by molar-refractivity contribution is 1.15. The largest absolute Gasteiger partial charge is 0.309 e. The smallest absolute Gasteiger partial charge is 0.0667 e. The molecule has 0 aliphatic carbocycles. The monoisotopic (exact) mass is 680 g/mol. The van der Waals surface area contributed by atoms with Crippen molar-refractivity contribution in [2.45, 2.75) is 0 Å². The van der Waals surface area contributed by atoms with Crippen LogP contribution in [-0.2, 0) is 0 Å². The van der Waals surface area contributed by atoms with E-state index in [-0.39, 0.29) is 0 Å². The highest BCUT2D eigenvalue weighted by atomic mass is 15.0. The van der Waals surface area contributed by atoms with Crippen LogP contribution in [0.2, 0.25) is 0 Å². The van der Waals surface area contributed by atoms with Gasteiger partial charge in [0.05, 0.1) is 81.3 Å². The topological polar surface area (TPSA) is 14.8 Å². The third-order valence-electron chi connectivity index (χ3n) is 8.41. The molecular weight excluding hydrogens is 619 g/mol. The minimum atomic E-state index is -1.21. The molecule has 3 heterocycles. The number of benzene rings is 8. The summed E-state index contributed by atoms with van der Waals surface area (Å²) in [7, 11) is 0. The fraction of sp³-hybridized carbons (Fsp3) is 0. The van der Waals surface area contributed by atoms with Gasteiger partial charge in [0.1, 0.15) is 0 Å². The van der Waals surface area contributed by atoms with Crippen LogP contribution in [0.1, 0.15) is 42.5 Å². The first kappa shape index (κ1) is 11.3. The molecule has 0 aliphatic heterocycles. The van der Waals surface area contributed by atoms with Crippen molar-refractivity contribution in [3.63, 3.8) is 0 Å². The van der Waals surface area contributed by atoms with Gasteiger partial charge in [-0.3, -0.25) is 0 Å². The Balaban J connectivity index is 1.41. The summed E-state index contributed by atoms with van der Waals surface area (Å²) in [6.45, 7) is 0. The first-order valence-electron chi connectivity index (χ1n) is 30.5. The number of hydrogen-bond donors (Lipinski definition) is 0. The van der Waals surface area contributed by atoms with E-state index < -0.39 is 281 Å². The number of nitrogens with zero attached hydrogens (tertiary/aromatic N) is 3. The summed E-state index contributed by atoms with van der Waals surface area (Å²) in [6, 6.07) is -30.3. The Morgan fingerprint density at radius 1 is 0.294 bits per heavy atom. The van der Waals surface area contributed by atoms with Gasteiger partial charge < -0.3 is 13.7 Å². The minimum Gasteiger partial charge on any atom is -0.309 e. The molecule has 0 unspecified atom stereocenters. The van der Waals surface area contributed by atoms with Gasteiger partial charge in [-0.25, -0.2) is 0 Å². The third kappa shape index (κ3) is 4.06. The standard InChI is InChI=1S/C48H31N3/c1-7-22-42(51-46-26-11-5-19-38(46)39-20-6-12-27-47(39)51)35(16-1)32-14-13-15-33(30-32)50-45-25-10-4-21-40(45)41-29-28-34(31-48(41)50)49-43-23-8-2-17-36(43)37-18-3-9-24-44(37)49/h1-31H/i1D,2D,3D,4D,5D,6D,7D,8D,9D,10D,11D,12D,13D,14D,15D,16D,17D,18D,19D,20D,21D,22D,23D,24D,25D,26D,27D,28D,29D,30D,31D. The Labute approximate surface area is 338 Å². The van der Waals surface area contributed by atoms with E-state index in [1.54, 1.807) is 0 Å². The van der Waals surface area contributed by atoms with E-state index in [4.69, 9.17) is 27.4 Å². The maximum absolute atomic E-state index is 10.1. The van der Waals surface area contributed by atoms with E-state index >= 15 is 0 Å². The minimum absolute atomic E-state index is 0.521. The highest BCUT2D eigenvalue weighted by molar-refractivity contribution is 6.12. The van der Waals surface area contributed by atoms with Crippen molar-refractivity contribution in [3.05, 3.63) is 187 Å². The van der Waals surface area contributed by atoms with Crippen LogP contribution < -0.4 is 0 Å². The second-order valence-corrected chi connectivity index (χ2v) is 11.0. The summed E-state index contributed by atoms with van der Waals surface area (Å²) in [6.07, 6.45) is 0. The van der Waals surface area contributed by atoms with Crippen molar-refractivity contribution in [2.24, 2.45) is 0 Å². The zero-order chi connectivity index (χ0) is 60.4. The molecule has 238 valence electrons. The van der Waals surface area contributed by atoms with E-state index in [0.29, 0.717) is 9.13 Å². The average Bonchev–Trinajstić information content (AvgIpc) is 1.69. The number of fused-ring (bicyclic) bond motifs is 9. The highest BCUT2D eigenvalue weighted by Crippen LogP contribution is 2.39. The normalized spacial score (nSPS) is 20.4. The summed E-state index contributed by atoms with van der Waals surface area (Å²) in [5.41, 5.74) is -9.02. The highest BCUT2D eigenvalue weighted by Gasteiger charge is 2.18. The fourth-order valence-corrected chi connectivity index (χ4v) is 6.35. The number of para-hydroxylation sites is 6.